The van der Waals surface area contributed by atoms with E-state index in [-0.39, 0.29) is 5.91 Å². The minimum atomic E-state index is -0.134. The fraction of sp³-hybridized carbons (Fsp3) is 0.190. The average Bonchev–Trinajstić information content (AvgIpc) is 2.72. The van der Waals surface area contributed by atoms with Crippen molar-refractivity contribution in [2.75, 3.05) is 26.1 Å². The molecule has 0 radical (unpaired) electrons. The Morgan fingerprint density at radius 1 is 1.04 bits per heavy atom. The van der Waals surface area contributed by atoms with Gasteiger partial charge in [0.15, 0.2) is 0 Å². The van der Waals surface area contributed by atoms with Crippen LogP contribution in [-0.2, 0) is 6.54 Å². The van der Waals surface area contributed by atoms with Crippen LogP contribution in [0, 0.1) is 0 Å². The van der Waals surface area contributed by atoms with Gasteiger partial charge >= 0.3 is 0 Å². The van der Waals surface area contributed by atoms with Crippen molar-refractivity contribution in [3.05, 3.63) is 72.2 Å². The largest absolute Gasteiger partial charge is 0.497 e. The number of benzene rings is 2. The van der Waals surface area contributed by atoms with Gasteiger partial charge in [0.05, 0.1) is 25.0 Å². The Labute approximate surface area is 158 Å². The zero-order chi connectivity index (χ0) is 19.2. The quantitative estimate of drug-likeness (QED) is 0.730. The van der Waals surface area contributed by atoms with Crippen LogP contribution in [0.2, 0.25) is 0 Å². The Hall–Kier alpha value is -3.41. The number of ether oxygens (including phenoxy) is 1. The zero-order valence-electron chi connectivity index (χ0n) is 15.6. The van der Waals surface area contributed by atoms with E-state index >= 15 is 0 Å². The van der Waals surface area contributed by atoms with Crippen LogP contribution in [0.1, 0.15) is 16.1 Å². The second-order valence-corrected chi connectivity index (χ2v) is 6.25. The van der Waals surface area contributed by atoms with Crippen molar-refractivity contribution in [1.29, 1.82) is 0 Å². The minimum absolute atomic E-state index is 0.134. The molecule has 6 heteroatoms. The Bertz CT molecular complexity index is 906. The van der Waals surface area contributed by atoms with E-state index in [0.717, 1.165) is 28.4 Å². The SMILES string of the molecule is COc1ccc(-c2cc(CNC(=O)c3ccc(N(C)C)cc3)ncn2)cc1. The molecule has 0 aliphatic heterocycles. The molecule has 0 aliphatic rings. The lowest BCUT2D eigenvalue weighted by Crippen LogP contribution is -2.23. The van der Waals surface area contributed by atoms with E-state index in [1.54, 1.807) is 7.11 Å². The highest BCUT2D eigenvalue weighted by atomic mass is 16.5. The Morgan fingerprint density at radius 2 is 1.74 bits per heavy atom. The van der Waals surface area contributed by atoms with E-state index in [9.17, 15) is 4.79 Å². The Balaban J connectivity index is 1.66. The van der Waals surface area contributed by atoms with Crippen molar-refractivity contribution in [2.24, 2.45) is 0 Å². The summed E-state index contributed by atoms with van der Waals surface area (Å²) in [6, 6.07) is 17.0. The number of nitrogens with zero attached hydrogens (tertiary/aromatic N) is 3. The molecule has 1 aromatic heterocycles. The first-order valence-electron chi connectivity index (χ1n) is 8.58. The number of carbonyl (C=O) groups excluding carboxylic acids is 1. The molecule has 6 nitrogen and oxygen atoms in total. The maximum absolute atomic E-state index is 12.3. The van der Waals surface area contributed by atoms with Crippen LogP contribution in [0.3, 0.4) is 0 Å². The van der Waals surface area contributed by atoms with E-state index < -0.39 is 0 Å². The first-order chi connectivity index (χ1) is 13.1. The van der Waals surface area contributed by atoms with Crippen LogP contribution >= 0.6 is 0 Å². The number of hydrogen-bond donors (Lipinski definition) is 1. The van der Waals surface area contributed by atoms with Crippen LogP contribution in [0.5, 0.6) is 5.75 Å². The third-order valence-corrected chi connectivity index (χ3v) is 4.19. The molecular formula is C21H22N4O2. The summed E-state index contributed by atoms with van der Waals surface area (Å²) in [5.74, 6) is 0.658. The number of amides is 1. The minimum Gasteiger partial charge on any atom is -0.497 e. The van der Waals surface area contributed by atoms with Crippen LogP contribution in [-0.4, -0.2) is 37.1 Å². The first-order valence-corrected chi connectivity index (χ1v) is 8.58. The first kappa shape index (κ1) is 18.4. The van der Waals surface area contributed by atoms with Gasteiger partial charge in [-0.2, -0.15) is 0 Å². The maximum Gasteiger partial charge on any atom is 0.251 e. The molecule has 0 fully saturated rings. The van der Waals surface area contributed by atoms with Gasteiger partial charge < -0.3 is 15.0 Å². The van der Waals surface area contributed by atoms with Gasteiger partial charge in [0.1, 0.15) is 12.1 Å². The molecule has 0 aliphatic carbocycles. The normalized spacial score (nSPS) is 10.3. The zero-order valence-corrected chi connectivity index (χ0v) is 15.6. The molecule has 0 saturated heterocycles. The van der Waals surface area contributed by atoms with E-state index in [1.165, 1.54) is 6.33 Å². The van der Waals surface area contributed by atoms with E-state index in [4.69, 9.17) is 4.74 Å². The average molecular weight is 362 g/mol. The standard InChI is InChI=1S/C21H22N4O2/c1-25(2)18-8-4-16(5-9-18)21(26)22-13-17-12-20(24-14-23-17)15-6-10-19(27-3)11-7-15/h4-12,14H,13H2,1-3H3,(H,22,26). The predicted molar refractivity (Wildman–Crippen MR) is 106 cm³/mol. The van der Waals surface area contributed by atoms with Gasteiger partial charge in [-0.3, -0.25) is 4.79 Å². The lowest BCUT2D eigenvalue weighted by Gasteiger charge is -2.12. The molecule has 0 spiro atoms. The van der Waals surface area contributed by atoms with Crippen molar-refractivity contribution in [3.63, 3.8) is 0 Å². The lowest BCUT2D eigenvalue weighted by atomic mass is 10.1. The second kappa shape index (κ2) is 8.31. The molecule has 3 rings (SSSR count). The highest BCUT2D eigenvalue weighted by Crippen LogP contribution is 2.20. The molecule has 0 bridgehead atoms. The molecule has 0 saturated carbocycles. The second-order valence-electron chi connectivity index (χ2n) is 6.25. The molecule has 2 aromatic carbocycles. The van der Waals surface area contributed by atoms with Gasteiger partial charge in [-0.25, -0.2) is 9.97 Å². The fourth-order valence-electron chi connectivity index (χ4n) is 2.60. The fourth-order valence-corrected chi connectivity index (χ4v) is 2.60. The van der Waals surface area contributed by atoms with Gasteiger partial charge in [-0.05, 0) is 54.6 Å². The predicted octanol–water partition coefficient (Wildman–Crippen LogP) is 3.15. The number of hydrogen-bond acceptors (Lipinski definition) is 5. The van der Waals surface area contributed by atoms with Gasteiger partial charge in [0.2, 0.25) is 0 Å². The molecule has 0 unspecified atom stereocenters. The summed E-state index contributed by atoms with van der Waals surface area (Å²) in [6.45, 7) is 0.333. The molecular weight excluding hydrogens is 340 g/mol. The van der Waals surface area contributed by atoms with Crippen LogP contribution < -0.4 is 15.0 Å². The number of nitrogens with one attached hydrogen (secondary N) is 1. The van der Waals surface area contributed by atoms with Crippen LogP contribution in [0.15, 0.2) is 60.9 Å². The highest BCUT2D eigenvalue weighted by Gasteiger charge is 2.08. The monoisotopic (exact) mass is 362 g/mol. The third kappa shape index (κ3) is 4.61. The maximum atomic E-state index is 12.3. The van der Waals surface area contributed by atoms with Crippen molar-refractivity contribution in [3.8, 4) is 17.0 Å². The molecule has 0 atom stereocenters. The van der Waals surface area contributed by atoms with Gasteiger partial charge in [0, 0.05) is 30.9 Å². The summed E-state index contributed by atoms with van der Waals surface area (Å²) in [4.78, 5) is 22.9. The summed E-state index contributed by atoms with van der Waals surface area (Å²) in [7, 11) is 5.56. The molecule has 1 N–H and O–H groups in total. The van der Waals surface area contributed by atoms with Crippen molar-refractivity contribution >= 4 is 11.6 Å². The van der Waals surface area contributed by atoms with Crippen molar-refractivity contribution in [2.45, 2.75) is 6.54 Å². The number of rotatable bonds is 6. The van der Waals surface area contributed by atoms with Crippen LogP contribution in [0.25, 0.3) is 11.3 Å². The van der Waals surface area contributed by atoms with Gasteiger partial charge in [-0.15, -0.1) is 0 Å². The molecule has 27 heavy (non-hydrogen) atoms. The van der Waals surface area contributed by atoms with E-state index in [1.807, 2.05) is 73.6 Å². The van der Waals surface area contributed by atoms with E-state index in [2.05, 4.69) is 15.3 Å². The van der Waals surface area contributed by atoms with Crippen LogP contribution in [0.4, 0.5) is 5.69 Å². The van der Waals surface area contributed by atoms with Crippen molar-refractivity contribution < 1.29 is 9.53 Å². The third-order valence-electron chi connectivity index (χ3n) is 4.19. The summed E-state index contributed by atoms with van der Waals surface area (Å²) in [5, 5.41) is 2.90. The smallest absolute Gasteiger partial charge is 0.251 e. The molecule has 1 heterocycles. The number of methoxy groups -OCH3 is 1. The number of aromatic nitrogens is 2. The Kier molecular flexibility index (Phi) is 5.66. The Morgan fingerprint density at radius 3 is 2.37 bits per heavy atom. The lowest BCUT2D eigenvalue weighted by molar-refractivity contribution is 0.0950. The summed E-state index contributed by atoms with van der Waals surface area (Å²) < 4.78 is 5.17. The number of anilines is 1. The van der Waals surface area contributed by atoms with Gasteiger partial charge in [0.25, 0.3) is 5.91 Å². The summed E-state index contributed by atoms with van der Waals surface area (Å²) in [6.07, 6.45) is 1.51. The molecule has 1 amide bonds. The topological polar surface area (TPSA) is 67.3 Å². The van der Waals surface area contributed by atoms with Gasteiger partial charge in [-0.1, -0.05) is 0 Å². The molecule has 138 valence electrons. The summed E-state index contributed by atoms with van der Waals surface area (Å²) in [5.41, 5.74) is 4.17. The van der Waals surface area contributed by atoms with E-state index in [0.29, 0.717) is 12.1 Å². The summed E-state index contributed by atoms with van der Waals surface area (Å²) >= 11 is 0. The van der Waals surface area contributed by atoms with Crippen molar-refractivity contribution in [1.82, 2.24) is 15.3 Å². The highest BCUT2D eigenvalue weighted by molar-refractivity contribution is 5.94. The molecule has 3 aromatic rings. The number of carbonyl (C=O) groups is 1.